The summed E-state index contributed by atoms with van der Waals surface area (Å²) < 4.78 is 26.4. The van der Waals surface area contributed by atoms with Gasteiger partial charge >= 0.3 is 0 Å². The molecule has 0 radical (unpaired) electrons. The van der Waals surface area contributed by atoms with Crippen molar-refractivity contribution in [2.75, 3.05) is 26.2 Å². The average molecular weight is 354 g/mol. The number of halogens is 1. The lowest BCUT2D eigenvalue weighted by molar-refractivity contribution is -0.120. The van der Waals surface area contributed by atoms with Crippen LogP contribution >= 0.6 is 22.9 Å². The van der Waals surface area contributed by atoms with Gasteiger partial charge in [-0.05, 0) is 12.1 Å². The van der Waals surface area contributed by atoms with Crippen LogP contribution in [0.25, 0.3) is 0 Å². The molecule has 2 atom stereocenters. The number of amides is 1. The van der Waals surface area contributed by atoms with E-state index in [4.69, 9.17) is 11.6 Å². The van der Waals surface area contributed by atoms with E-state index < -0.39 is 22.0 Å². The third kappa shape index (κ3) is 4.63. The normalized spacial score (nSPS) is 22.4. The van der Waals surface area contributed by atoms with Crippen LogP contribution in [0.15, 0.2) is 16.3 Å². The van der Waals surface area contributed by atoms with Crippen LogP contribution < -0.4 is 15.4 Å². The zero-order valence-corrected chi connectivity index (χ0v) is 13.4. The molecule has 1 saturated heterocycles. The standard InChI is InChI=1S/C11H16ClN3O4S2/c12-9-1-2-11(20-9)21(18,19)15-6-10(17)14-4-7-3-13-5-8(7)16/h1-2,7-8,13,15-16H,3-6H2,(H,14,17). The van der Waals surface area contributed by atoms with E-state index in [1.54, 1.807) is 0 Å². The molecule has 7 nitrogen and oxygen atoms in total. The molecule has 1 fully saturated rings. The van der Waals surface area contributed by atoms with E-state index in [0.29, 0.717) is 24.0 Å². The summed E-state index contributed by atoms with van der Waals surface area (Å²) in [5, 5.41) is 15.2. The van der Waals surface area contributed by atoms with E-state index in [0.717, 1.165) is 11.3 Å². The van der Waals surface area contributed by atoms with E-state index in [2.05, 4.69) is 15.4 Å². The number of nitrogens with one attached hydrogen (secondary N) is 3. The highest BCUT2D eigenvalue weighted by atomic mass is 35.5. The van der Waals surface area contributed by atoms with E-state index in [1.807, 2.05) is 0 Å². The van der Waals surface area contributed by atoms with Crippen LogP contribution in [0.4, 0.5) is 0 Å². The first-order valence-corrected chi connectivity index (χ1v) is 8.97. The number of aliphatic hydroxyl groups excluding tert-OH is 1. The minimum absolute atomic E-state index is 0.0540. The van der Waals surface area contributed by atoms with Gasteiger partial charge in [-0.2, -0.15) is 0 Å². The molecule has 2 rings (SSSR count). The van der Waals surface area contributed by atoms with Gasteiger partial charge in [0.05, 0.1) is 17.0 Å². The summed E-state index contributed by atoms with van der Waals surface area (Å²) in [7, 11) is -3.72. The third-order valence-corrected chi connectivity index (χ3v) is 6.23. The first kappa shape index (κ1) is 16.7. The van der Waals surface area contributed by atoms with Crippen molar-refractivity contribution < 1.29 is 18.3 Å². The number of hydrogen-bond acceptors (Lipinski definition) is 6. The van der Waals surface area contributed by atoms with Crippen LogP contribution in [0.5, 0.6) is 0 Å². The molecule has 2 heterocycles. The largest absolute Gasteiger partial charge is 0.391 e. The quantitative estimate of drug-likeness (QED) is 0.545. The Morgan fingerprint density at radius 3 is 2.81 bits per heavy atom. The van der Waals surface area contributed by atoms with Gasteiger partial charge in [-0.1, -0.05) is 11.6 Å². The first-order valence-electron chi connectivity index (χ1n) is 6.29. The van der Waals surface area contributed by atoms with Crippen LogP contribution in [-0.2, 0) is 14.8 Å². The predicted octanol–water partition coefficient (Wildman–Crippen LogP) is -0.624. The second kappa shape index (κ2) is 7.03. The van der Waals surface area contributed by atoms with Crippen molar-refractivity contribution >= 4 is 38.9 Å². The van der Waals surface area contributed by atoms with Crippen molar-refractivity contribution in [3.63, 3.8) is 0 Å². The van der Waals surface area contributed by atoms with E-state index in [9.17, 15) is 18.3 Å². The van der Waals surface area contributed by atoms with Gasteiger partial charge in [-0.15, -0.1) is 11.3 Å². The van der Waals surface area contributed by atoms with Crippen molar-refractivity contribution in [1.29, 1.82) is 0 Å². The highest BCUT2D eigenvalue weighted by molar-refractivity contribution is 7.91. The van der Waals surface area contributed by atoms with Crippen LogP contribution in [0.1, 0.15) is 0 Å². The predicted molar refractivity (Wildman–Crippen MR) is 79.9 cm³/mol. The summed E-state index contributed by atoms with van der Waals surface area (Å²) in [6.45, 7) is 1.08. The number of carbonyl (C=O) groups excluding carboxylic acids is 1. The van der Waals surface area contributed by atoms with Crippen LogP contribution in [0, 0.1) is 5.92 Å². The number of hydrogen-bond donors (Lipinski definition) is 4. The Labute approximate surface area is 131 Å². The van der Waals surface area contributed by atoms with Crippen molar-refractivity contribution in [2.45, 2.75) is 10.3 Å². The summed E-state index contributed by atoms with van der Waals surface area (Å²) in [6.07, 6.45) is -0.491. The van der Waals surface area contributed by atoms with Gasteiger partial charge in [-0.3, -0.25) is 4.79 Å². The molecular formula is C11H16ClN3O4S2. The molecule has 0 aliphatic carbocycles. The number of aliphatic hydroxyl groups is 1. The Bertz CT molecular complexity index is 604. The highest BCUT2D eigenvalue weighted by Gasteiger charge is 2.25. The zero-order valence-electron chi connectivity index (χ0n) is 11.0. The molecule has 1 aliphatic rings. The van der Waals surface area contributed by atoms with Crippen molar-refractivity contribution in [3.05, 3.63) is 16.5 Å². The monoisotopic (exact) mass is 353 g/mol. The Balaban J connectivity index is 1.78. The zero-order chi connectivity index (χ0) is 15.5. The second-order valence-electron chi connectivity index (χ2n) is 4.67. The Hall–Kier alpha value is -0.710. The smallest absolute Gasteiger partial charge is 0.250 e. The molecule has 10 heteroatoms. The molecule has 1 amide bonds. The molecule has 0 bridgehead atoms. The molecule has 0 spiro atoms. The van der Waals surface area contributed by atoms with Gasteiger partial charge in [0.25, 0.3) is 10.0 Å². The fraction of sp³-hybridized carbons (Fsp3) is 0.545. The highest BCUT2D eigenvalue weighted by Crippen LogP contribution is 2.25. The second-order valence-corrected chi connectivity index (χ2v) is 8.38. The van der Waals surface area contributed by atoms with Gasteiger partial charge in [0.1, 0.15) is 4.21 Å². The fourth-order valence-corrected chi connectivity index (χ4v) is 4.42. The lowest BCUT2D eigenvalue weighted by Gasteiger charge is -2.14. The van der Waals surface area contributed by atoms with Gasteiger partial charge in [0.15, 0.2) is 0 Å². The van der Waals surface area contributed by atoms with Gasteiger partial charge in [0.2, 0.25) is 5.91 Å². The number of carbonyl (C=O) groups is 1. The molecule has 1 aromatic rings. The summed E-state index contributed by atoms with van der Waals surface area (Å²) in [5.41, 5.74) is 0. The maximum atomic E-state index is 11.9. The Morgan fingerprint density at radius 2 is 2.24 bits per heavy atom. The molecule has 2 unspecified atom stereocenters. The minimum Gasteiger partial charge on any atom is -0.391 e. The third-order valence-electron chi connectivity index (χ3n) is 3.10. The number of rotatable bonds is 6. The Morgan fingerprint density at radius 1 is 1.48 bits per heavy atom. The summed E-state index contributed by atoms with van der Waals surface area (Å²) in [5.74, 6) is -0.498. The average Bonchev–Trinajstić information content (AvgIpc) is 3.03. The summed E-state index contributed by atoms with van der Waals surface area (Å²) in [6, 6.07) is 2.86. The van der Waals surface area contributed by atoms with Gasteiger partial charge < -0.3 is 15.7 Å². The Kier molecular flexibility index (Phi) is 5.58. The minimum atomic E-state index is -3.72. The molecule has 118 valence electrons. The van der Waals surface area contributed by atoms with Crippen LogP contribution in [0.3, 0.4) is 0 Å². The van der Waals surface area contributed by atoms with E-state index in [-0.39, 0.29) is 16.7 Å². The van der Waals surface area contributed by atoms with Crippen LogP contribution in [-0.4, -0.2) is 51.7 Å². The van der Waals surface area contributed by atoms with Crippen molar-refractivity contribution in [3.8, 4) is 0 Å². The topological polar surface area (TPSA) is 108 Å². The molecule has 0 aromatic carbocycles. The molecular weight excluding hydrogens is 338 g/mol. The maximum Gasteiger partial charge on any atom is 0.250 e. The van der Waals surface area contributed by atoms with Crippen molar-refractivity contribution in [1.82, 2.24) is 15.4 Å². The van der Waals surface area contributed by atoms with Crippen LogP contribution in [0.2, 0.25) is 4.34 Å². The lowest BCUT2D eigenvalue weighted by Crippen LogP contribution is -2.40. The van der Waals surface area contributed by atoms with Gasteiger partial charge in [0, 0.05) is 25.6 Å². The number of sulfonamides is 1. The number of β-amino-alcohol motifs (C(OH)–C–C–N with tert-alkyl or cyclic N) is 1. The van der Waals surface area contributed by atoms with E-state index in [1.165, 1.54) is 12.1 Å². The molecule has 4 N–H and O–H groups in total. The lowest BCUT2D eigenvalue weighted by atomic mass is 10.1. The SMILES string of the molecule is O=C(CNS(=O)(=O)c1ccc(Cl)s1)NCC1CNCC1O. The molecule has 1 aliphatic heterocycles. The summed E-state index contributed by atoms with van der Waals surface area (Å²) >= 11 is 6.60. The summed E-state index contributed by atoms with van der Waals surface area (Å²) in [4.78, 5) is 11.6. The van der Waals surface area contributed by atoms with Gasteiger partial charge in [-0.25, -0.2) is 13.1 Å². The first-order chi connectivity index (χ1) is 9.88. The molecule has 1 aromatic heterocycles. The fourth-order valence-electron chi connectivity index (χ4n) is 1.91. The number of thiophene rings is 1. The molecule has 0 saturated carbocycles. The molecule has 21 heavy (non-hydrogen) atoms. The maximum absolute atomic E-state index is 11.9. The van der Waals surface area contributed by atoms with Crippen molar-refractivity contribution in [2.24, 2.45) is 5.92 Å². The van der Waals surface area contributed by atoms with E-state index >= 15 is 0 Å².